The molecule has 1 aromatic heterocycles. The molecule has 1 saturated heterocycles. The Morgan fingerprint density at radius 1 is 1.06 bits per heavy atom. The van der Waals surface area contributed by atoms with E-state index in [4.69, 9.17) is 0 Å². The molecule has 2 aromatic rings. The molecule has 180 valence electrons. The summed E-state index contributed by atoms with van der Waals surface area (Å²) in [5.74, 6) is 1.63. The summed E-state index contributed by atoms with van der Waals surface area (Å²) >= 11 is 0. The standard InChI is InChI=1S/C23H34N8O.HI/c1-24-22(25-11-8-19-6-4-7-20(18-19)21(32)29(2)3)26-12-13-30-14-16-31(17-15-30)23-27-9-5-10-28-23;/h4-7,9-10,18H,8,11-17H2,1-3H3,(H2,24,25,26);1H. The number of nitrogens with one attached hydrogen (secondary N) is 2. The van der Waals surface area contributed by atoms with Crippen LogP contribution in [0.3, 0.4) is 0 Å². The average Bonchev–Trinajstić information content (AvgIpc) is 2.83. The van der Waals surface area contributed by atoms with Crippen LogP contribution >= 0.6 is 24.0 Å². The van der Waals surface area contributed by atoms with Gasteiger partial charge in [0.2, 0.25) is 5.95 Å². The molecule has 1 fully saturated rings. The Balaban J connectivity index is 0.00000385. The van der Waals surface area contributed by atoms with E-state index in [9.17, 15) is 4.79 Å². The zero-order chi connectivity index (χ0) is 22.8. The van der Waals surface area contributed by atoms with Crippen LogP contribution in [0.15, 0.2) is 47.7 Å². The van der Waals surface area contributed by atoms with Crippen molar-refractivity contribution in [2.24, 2.45) is 4.99 Å². The zero-order valence-corrected chi connectivity index (χ0v) is 22.0. The van der Waals surface area contributed by atoms with E-state index in [0.29, 0.717) is 5.56 Å². The van der Waals surface area contributed by atoms with Crippen molar-refractivity contribution in [2.75, 3.05) is 71.9 Å². The SMILES string of the molecule is CN=C(NCCc1cccc(C(=O)N(C)C)c1)NCCN1CCN(c2ncccn2)CC1.I. The monoisotopic (exact) mass is 566 g/mol. The van der Waals surface area contributed by atoms with E-state index < -0.39 is 0 Å². The molecule has 0 aliphatic carbocycles. The first kappa shape index (κ1) is 26.8. The number of hydrogen-bond acceptors (Lipinski definition) is 6. The van der Waals surface area contributed by atoms with Crippen LogP contribution in [0.5, 0.6) is 0 Å². The topological polar surface area (TPSA) is 89.0 Å². The third kappa shape index (κ3) is 8.43. The van der Waals surface area contributed by atoms with E-state index in [-0.39, 0.29) is 29.9 Å². The van der Waals surface area contributed by atoms with Crippen LogP contribution in [-0.2, 0) is 6.42 Å². The third-order valence-electron chi connectivity index (χ3n) is 5.44. The summed E-state index contributed by atoms with van der Waals surface area (Å²) in [7, 11) is 5.32. The maximum absolute atomic E-state index is 12.1. The second kappa shape index (κ2) is 13.9. The van der Waals surface area contributed by atoms with Crippen LogP contribution in [0, 0.1) is 0 Å². The molecule has 3 rings (SSSR count). The van der Waals surface area contributed by atoms with Gasteiger partial charge in [-0.1, -0.05) is 12.1 Å². The maximum Gasteiger partial charge on any atom is 0.253 e. The number of carbonyl (C=O) groups excluding carboxylic acids is 1. The predicted molar refractivity (Wildman–Crippen MR) is 144 cm³/mol. The van der Waals surface area contributed by atoms with Gasteiger partial charge < -0.3 is 20.4 Å². The summed E-state index contributed by atoms with van der Waals surface area (Å²) in [6, 6.07) is 9.63. The molecule has 0 saturated carbocycles. The van der Waals surface area contributed by atoms with Gasteiger partial charge in [0.25, 0.3) is 5.91 Å². The van der Waals surface area contributed by atoms with Crippen molar-refractivity contribution in [3.8, 4) is 0 Å². The first-order valence-corrected chi connectivity index (χ1v) is 11.1. The highest BCUT2D eigenvalue weighted by atomic mass is 127. The molecule has 0 bridgehead atoms. The number of aromatic nitrogens is 2. The van der Waals surface area contributed by atoms with Crippen molar-refractivity contribution >= 4 is 41.8 Å². The van der Waals surface area contributed by atoms with Gasteiger partial charge in [-0.3, -0.25) is 14.7 Å². The van der Waals surface area contributed by atoms with Crippen LogP contribution in [-0.4, -0.2) is 98.6 Å². The van der Waals surface area contributed by atoms with Gasteiger partial charge in [-0.15, -0.1) is 24.0 Å². The van der Waals surface area contributed by atoms with E-state index in [1.54, 1.807) is 38.4 Å². The lowest BCUT2D eigenvalue weighted by Crippen LogP contribution is -2.49. The zero-order valence-electron chi connectivity index (χ0n) is 19.7. The van der Waals surface area contributed by atoms with Crippen LogP contribution < -0.4 is 15.5 Å². The average molecular weight is 566 g/mol. The lowest BCUT2D eigenvalue weighted by Gasteiger charge is -2.34. The van der Waals surface area contributed by atoms with Crippen molar-refractivity contribution in [3.63, 3.8) is 0 Å². The molecule has 10 heteroatoms. The van der Waals surface area contributed by atoms with E-state index in [2.05, 4.69) is 35.4 Å². The molecule has 0 unspecified atom stereocenters. The van der Waals surface area contributed by atoms with Crippen LogP contribution in [0.2, 0.25) is 0 Å². The molecular weight excluding hydrogens is 531 g/mol. The molecule has 33 heavy (non-hydrogen) atoms. The van der Waals surface area contributed by atoms with E-state index in [0.717, 1.165) is 69.7 Å². The summed E-state index contributed by atoms with van der Waals surface area (Å²) in [5.41, 5.74) is 1.84. The number of benzene rings is 1. The van der Waals surface area contributed by atoms with Crippen LogP contribution in [0.1, 0.15) is 15.9 Å². The number of halogens is 1. The lowest BCUT2D eigenvalue weighted by molar-refractivity contribution is 0.0827. The third-order valence-corrected chi connectivity index (χ3v) is 5.44. The van der Waals surface area contributed by atoms with Crippen LogP contribution in [0.4, 0.5) is 5.95 Å². The number of hydrogen-bond donors (Lipinski definition) is 2. The molecule has 9 nitrogen and oxygen atoms in total. The number of rotatable bonds is 8. The predicted octanol–water partition coefficient (Wildman–Crippen LogP) is 1.33. The summed E-state index contributed by atoms with van der Waals surface area (Å²) in [4.78, 5) is 31.4. The number of nitrogens with zero attached hydrogens (tertiary/aromatic N) is 6. The van der Waals surface area contributed by atoms with Gasteiger partial charge in [0.15, 0.2) is 5.96 Å². The van der Waals surface area contributed by atoms with E-state index in [1.165, 1.54) is 0 Å². The number of piperazine rings is 1. The Morgan fingerprint density at radius 2 is 1.76 bits per heavy atom. The second-order valence-electron chi connectivity index (χ2n) is 7.95. The van der Waals surface area contributed by atoms with Gasteiger partial charge in [-0.05, 0) is 30.2 Å². The number of aliphatic imine (C=N–C) groups is 1. The van der Waals surface area contributed by atoms with Gasteiger partial charge in [0, 0.05) is 84.9 Å². The van der Waals surface area contributed by atoms with Crippen molar-refractivity contribution in [3.05, 3.63) is 53.9 Å². The Labute approximate surface area is 213 Å². The molecule has 1 aliphatic rings. The minimum Gasteiger partial charge on any atom is -0.356 e. The van der Waals surface area contributed by atoms with E-state index in [1.807, 2.05) is 30.3 Å². The fourth-order valence-electron chi connectivity index (χ4n) is 3.62. The van der Waals surface area contributed by atoms with Crippen molar-refractivity contribution in [2.45, 2.75) is 6.42 Å². The molecule has 2 N–H and O–H groups in total. The molecule has 1 aromatic carbocycles. The fraction of sp³-hybridized carbons (Fsp3) is 0.478. The van der Waals surface area contributed by atoms with Crippen molar-refractivity contribution in [1.82, 2.24) is 30.4 Å². The summed E-state index contributed by atoms with van der Waals surface area (Å²) < 4.78 is 0. The normalized spacial score (nSPS) is 14.4. The molecule has 0 radical (unpaired) electrons. The number of anilines is 1. The first-order valence-electron chi connectivity index (χ1n) is 11.1. The highest BCUT2D eigenvalue weighted by molar-refractivity contribution is 14.0. The molecule has 1 aliphatic heterocycles. The molecular formula is C23H35IN8O. The Bertz CT molecular complexity index is 885. The van der Waals surface area contributed by atoms with Crippen LogP contribution in [0.25, 0.3) is 0 Å². The Morgan fingerprint density at radius 3 is 2.42 bits per heavy atom. The largest absolute Gasteiger partial charge is 0.356 e. The Hall–Kier alpha value is -2.47. The van der Waals surface area contributed by atoms with Crippen molar-refractivity contribution in [1.29, 1.82) is 0 Å². The van der Waals surface area contributed by atoms with Crippen molar-refractivity contribution < 1.29 is 4.79 Å². The molecule has 0 spiro atoms. The Kier molecular flexibility index (Phi) is 11.3. The molecule has 0 atom stereocenters. The number of guanidine groups is 1. The quantitative estimate of drug-likeness (QED) is 0.283. The molecule has 2 heterocycles. The van der Waals surface area contributed by atoms with E-state index >= 15 is 0 Å². The second-order valence-corrected chi connectivity index (χ2v) is 7.95. The molecule has 1 amide bonds. The highest BCUT2D eigenvalue weighted by Crippen LogP contribution is 2.09. The first-order chi connectivity index (χ1) is 15.6. The van der Waals surface area contributed by atoms with Gasteiger partial charge in [-0.25, -0.2) is 9.97 Å². The minimum absolute atomic E-state index is 0. The smallest absolute Gasteiger partial charge is 0.253 e. The fourth-order valence-corrected chi connectivity index (χ4v) is 3.62. The maximum atomic E-state index is 12.1. The minimum atomic E-state index is 0. The van der Waals surface area contributed by atoms with Gasteiger partial charge in [0.1, 0.15) is 0 Å². The summed E-state index contributed by atoms with van der Waals surface area (Å²) in [5, 5.41) is 6.74. The van der Waals surface area contributed by atoms with Gasteiger partial charge >= 0.3 is 0 Å². The van der Waals surface area contributed by atoms with Gasteiger partial charge in [0.05, 0.1) is 0 Å². The number of amides is 1. The lowest BCUT2D eigenvalue weighted by atomic mass is 10.1. The summed E-state index contributed by atoms with van der Waals surface area (Å²) in [6.45, 7) is 6.39. The summed E-state index contributed by atoms with van der Waals surface area (Å²) in [6.07, 6.45) is 4.40. The van der Waals surface area contributed by atoms with Gasteiger partial charge in [-0.2, -0.15) is 0 Å². The highest BCUT2D eigenvalue weighted by Gasteiger charge is 2.18. The number of carbonyl (C=O) groups is 1.